The van der Waals surface area contributed by atoms with Gasteiger partial charge in [-0.15, -0.1) is 11.6 Å². The normalized spacial score (nSPS) is 10.7. The zero-order valence-electron chi connectivity index (χ0n) is 7.00. The third kappa shape index (κ3) is 1.67. The summed E-state index contributed by atoms with van der Waals surface area (Å²) in [7, 11) is 0. The zero-order valence-corrected chi connectivity index (χ0v) is 9.34. The van der Waals surface area contributed by atoms with Crippen molar-refractivity contribution in [1.82, 2.24) is 9.97 Å². The average molecular weight is 273 g/mol. The van der Waals surface area contributed by atoms with Crippen LogP contribution in [0.25, 0.3) is 10.9 Å². The Hall–Kier alpha value is -0.870. The smallest absolute Gasteiger partial charge is 0.267 e. The van der Waals surface area contributed by atoms with E-state index in [1.54, 1.807) is 12.1 Å². The van der Waals surface area contributed by atoms with Crippen LogP contribution in [0.2, 0.25) is 0 Å². The van der Waals surface area contributed by atoms with Crippen molar-refractivity contribution in [3.63, 3.8) is 0 Å². The van der Waals surface area contributed by atoms with E-state index in [-0.39, 0.29) is 11.8 Å². The van der Waals surface area contributed by atoms with Gasteiger partial charge in [0.1, 0.15) is 5.82 Å². The van der Waals surface area contributed by atoms with Gasteiger partial charge >= 0.3 is 0 Å². The predicted octanol–water partition coefficient (Wildman–Crippen LogP) is 3.27. The SMILES string of the molecule is [O]c1nc(CCl)nc2ccc(Br)cc12. The molecule has 0 fully saturated rings. The topological polar surface area (TPSA) is 45.7 Å². The van der Waals surface area contributed by atoms with E-state index in [1.165, 1.54) is 0 Å². The maximum atomic E-state index is 11.5. The molecule has 2 aromatic rings. The molecule has 0 saturated heterocycles. The first-order valence-corrected chi connectivity index (χ1v) is 5.22. The maximum Gasteiger partial charge on any atom is 0.281 e. The minimum Gasteiger partial charge on any atom is -0.267 e. The molecule has 0 unspecified atom stereocenters. The summed E-state index contributed by atoms with van der Waals surface area (Å²) in [5, 5.41) is 12.0. The molecule has 0 aliphatic rings. The molecule has 1 aromatic carbocycles. The van der Waals surface area contributed by atoms with Gasteiger partial charge in [-0.05, 0) is 18.2 Å². The molecule has 14 heavy (non-hydrogen) atoms. The second-order valence-electron chi connectivity index (χ2n) is 2.74. The van der Waals surface area contributed by atoms with Crippen molar-refractivity contribution in [3.8, 4) is 5.88 Å². The summed E-state index contributed by atoms with van der Waals surface area (Å²) in [5.41, 5.74) is 0.629. The Morgan fingerprint density at radius 2 is 2.14 bits per heavy atom. The fraction of sp³-hybridized carbons (Fsp3) is 0.111. The number of fused-ring (bicyclic) bond motifs is 1. The minimum absolute atomic E-state index is 0.154. The van der Waals surface area contributed by atoms with Gasteiger partial charge in [0.15, 0.2) is 0 Å². The quantitative estimate of drug-likeness (QED) is 0.748. The van der Waals surface area contributed by atoms with Gasteiger partial charge in [0.2, 0.25) is 0 Å². The predicted molar refractivity (Wildman–Crippen MR) is 56.9 cm³/mol. The van der Waals surface area contributed by atoms with E-state index in [4.69, 9.17) is 11.6 Å². The summed E-state index contributed by atoms with van der Waals surface area (Å²) >= 11 is 8.84. The molecule has 1 heterocycles. The maximum absolute atomic E-state index is 11.5. The van der Waals surface area contributed by atoms with Gasteiger partial charge in [0, 0.05) is 4.47 Å². The molecule has 2 rings (SSSR count). The summed E-state index contributed by atoms with van der Waals surface area (Å²) < 4.78 is 0.837. The van der Waals surface area contributed by atoms with E-state index in [0.717, 1.165) is 4.47 Å². The number of hydrogen-bond acceptors (Lipinski definition) is 2. The van der Waals surface area contributed by atoms with Crippen LogP contribution in [0.3, 0.4) is 0 Å². The van der Waals surface area contributed by atoms with Gasteiger partial charge < -0.3 is 0 Å². The average Bonchev–Trinajstić information content (AvgIpc) is 2.19. The highest BCUT2D eigenvalue weighted by atomic mass is 79.9. The van der Waals surface area contributed by atoms with Gasteiger partial charge in [0.25, 0.3) is 5.88 Å². The van der Waals surface area contributed by atoms with E-state index in [0.29, 0.717) is 16.7 Å². The molecule has 0 N–H and O–H groups in total. The molecule has 1 aromatic heterocycles. The number of halogens is 2. The summed E-state index contributed by atoms with van der Waals surface area (Å²) in [4.78, 5) is 7.87. The lowest BCUT2D eigenvalue weighted by atomic mass is 10.2. The fourth-order valence-electron chi connectivity index (χ4n) is 1.18. The van der Waals surface area contributed by atoms with Crippen LogP contribution < -0.4 is 0 Å². The fourth-order valence-corrected chi connectivity index (χ4v) is 1.66. The van der Waals surface area contributed by atoms with Crippen molar-refractivity contribution < 1.29 is 5.11 Å². The standard InChI is InChI=1S/C9H5BrClN2O/c10-5-1-2-7-6(3-5)9(14)13-8(4-11)12-7/h1-3H,4H2. The lowest BCUT2D eigenvalue weighted by molar-refractivity contribution is 0.341. The van der Waals surface area contributed by atoms with Crippen LogP contribution in [-0.2, 0) is 11.0 Å². The molecular weight excluding hydrogens is 267 g/mol. The summed E-state index contributed by atoms with van der Waals surface area (Å²) in [6.45, 7) is 0. The van der Waals surface area contributed by atoms with Gasteiger partial charge in [0.05, 0.1) is 16.8 Å². The Bertz CT molecular complexity index is 489. The number of aromatic nitrogens is 2. The third-order valence-electron chi connectivity index (χ3n) is 1.79. The number of benzene rings is 1. The number of hydrogen-bond donors (Lipinski definition) is 0. The second kappa shape index (κ2) is 3.71. The summed E-state index contributed by atoms with van der Waals surface area (Å²) in [5.74, 6) is 0.236. The highest BCUT2D eigenvalue weighted by Crippen LogP contribution is 2.25. The molecular formula is C9H5BrClN2O. The van der Waals surface area contributed by atoms with Crippen molar-refractivity contribution in [2.24, 2.45) is 0 Å². The van der Waals surface area contributed by atoms with Crippen LogP contribution in [0.4, 0.5) is 0 Å². The Kier molecular flexibility index (Phi) is 2.56. The molecule has 1 radical (unpaired) electrons. The van der Waals surface area contributed by atoms with Crippen molar-refractivity contribution in [1.29, 1.82) is 0 Å². The monoisotopic (exact) mass is 271 g/mol. The number of alkyl halides is 1. The molecule has 0 amide bonds. The third-order valence-corrected chi connectivity index (χ3v) is 2.52. The van der Waals surface area contributed by atoms with Crippen LogP contribution in [0.15, 0.2) is 22.7 Å². The number of rotatable bonds is 1. The lowest BCUT2D eigenvalue weighted by Crippen LogP contribution is -1.92. The van der Waals surface area contributed by atoms with Crippen LogP contribution in [0, 0.1) is 0 Å². The highest BCUT2D eigenvalue weighted by molar-refractivity contribution is 9.10. The van der Waals surface area contributed by atoms with E-state index < -0.39 is 0 Å². The van der Waals surface area contributed by atoms with Crippen molar-refractivity contribution >= 4 is 38.4 Å². The molecule has 3 nitrogen and oxygen atoms in total. The lowest BCUT2D eigenvalue weighted by Gasteiger charge is -2.00. The molecule has 0 atom stereocenters. The largest absolute Gasteiger partial charge is 0.281 e. The van der Waals surface area contributed by atoms with Crippen molar-refractivity contribution in [2.75, 3.05) is 0 Å². The Morgan fingerprint density at radius 1 is 1.36 bits per heavy atom. The van der Waals surface area contributed by atoms with Crippen LogP contribution in [-0.4, -0.2) is 9.97 Å². The Morgan fingerprint density at radius 3 is 2.86 bits per heavy atom. The molecule has 0 aliphatic carbocycles. The molecule has 0 saturated carbocycles. The Balaban J connectivity index is 2.76. The summed E-state index contributed by atoms with van der Waals surface area (Å²) in [6, 6.07) is 5.29. The Labute approximate surface area is 93.9 Å². The van der Waals surface area contributed by atoms with Crippen LogP contribution in [0.1, 0.15) is 5.82 Å². The van der Waals surface area contributed by atoms with Crippen molar-refractivity contribution in [2.45, 2.75) is 5.88 Å². The first-order chi connectivity index (χ1) is 6.70. The van der Waals surface area contributed by atoms with E-state index in [1.807, 2.05) is 6.07 Å². The zero-order chi connectivity index (χ0) is 10.1. The molecule has 5 heteroatoms. The van der Waals surface area contributed by atoms with Crippen molar-refractivity contribution in [3.05, 3.63) is 28.5 Å². The minimum atomic E-state index is -0.285. The van der Waals surface area contributed by atoms with Gasteiger partial charge in [-0.2, -0.15) is 4.98 Å². The van der Waals surface area contributed by atoms with Gasteiger partial charge in [-0.25, -0.2) is 4.98 Å². The highest BCUT2D eigenvalue weighted by Gasteiger charge is 2.07. The first-order valence-electron chi connectivity index (χ1n) is 3.90. The van der Waals surface area contributed by atoms with E-state index >= 15 is 0 Å². The second-order valence-corrected chi connectivity index (χ2v) is 3.92. The summed E-state index contributed by atoms with van der Waals surface area (Å²) in [6.07, 6.45) is 0. The molecule has 0 spiro atoms. The molecule has 0 bridgehead atoms. The van der Waals surface area contributed by atoms with E-state index in [2.05, 4.69) is 25.9 Å². The van der Waals surface area contributed by atoms with Gasteiger partial charge in [-0.1, -0.05) is 15.9 Å². The molecule has 0 aliphatic heterocycles. The molecule has 71 valence electrons. The van der Waals surface area contributed by atoms with E-state index in [9.17, 15) is 5.11 Å². The first kappa shape index (κ1) is 9.68. The number of nitrogens with zero attached hydrogens (tertiary/aromatic N) is 2. The van der Waals surface area contributed by atoms with Crippen LogP contribution in [0.5, 0.6) is 5.88 Å². The van der Waals surface area contributed by atoms with Crippen LogP contribution >= 0.6 is 27.5 Å². The van der Waals surface area contributed by atoms with Gasteiger partial charge in [-0.3, -0.25) is 5.11 Å².